The molecule has 0 aliphatic rings. The molecule has 0 bridgehead atoms. The van der Waals surface area contributed by atoms with Crippen molar-refractivity contribution in [2.24, 2.45) is 0 Å². The topological polar surface area (TPSA) is 39.7 Å². The van der Waals surface area contributed by atoms with E-state index >= 15 is 0 Å². The van der Waals surface area contributed by atoms with E-state index in [1.807, 2.05) is 7.05 Å². The molecule has 0 heterocycles. The van der Waals surface area contributed by atoms with Crippen molar-refractivity contribution in [2.75, 3.05) is 33.4 Å². The van der Waals surface area contributed by atoms with Crippen LogP contribution in [0.4, 0.5) is 0 Å². The number of allylic oxidation sites excluding steroid dienone is 1. The highest BCUT2D eigenvalue weighted by atomic mass is 16.5. The molecule has 38 heavy (non-hydrogen) atoms. The van der Waals surface area contributed by atoms with E-state index < -0.39 is 0 Å². The van der Waals surface area contributed by atoms with Gasteiger partial charge in [-0.2, -0.15) is 0 Å². The third kappa shape index (κ3) is 14.5. The van der Waals surface area contributed by atoms with Crippen molar-refractivity contribution >= 4 is 5.57 Å². The molecule has 220 valence electrons. The largest absolute Gasteiger partial charge is 0.490 e. The first-order valence-electron chi connectivity index (χ1n) is 16.0. The minimum absolute atomic E-state index is 0.700. The molecule has 0 unspecified atom stereocenters. The van der Waals surface area contributed by atoms with Crippen molar-refractivity contribution in [3.8, 4) is 17.2 Å². The molecule has 0 radical (unpaired) electrons. The second-order valence-electron chi connectivity index (χ2n) is 10.8. The van der Waals surface area contributed by atoms with Gasteiger partial charge in [0.1, 0.15) is 0 Å². The summed E-state index contributed by atoms with van der Waals surface area (Å²) < 4.78 is 19.6. The number of unbranched alkanes of at least 4 members (excludes halogenated alkanes) is 12. The van der Waals surface area contributed by atoms with Crippen molar-refractivity contribution in [1.82, 2.24) is 5.32 Å². The molecule has 1 rings (SSSR count). The highest BCUT2D eigenvalue weighted by Crippen LogP contribution is 2.45. The van der Waals surface area contributed by atoms with Crippen LogP contribution in [0, 0.1) is 0 Å². The summed E-state index contributed by atoms with van der Waals surface area (Å²) in [5.41, 5.74) is 3.42. The summed E-state index contributed by atoms with van der Waals surface area (Å²) in [6.07, 6.45) is 20.2. The molecule has 1 aromatic carbocycles. The van der Waals surface area contributed by atoms with E-state index in [2.05, 4.69) is 45.7 Å². The van der Waals surface area contributed by atoms with Gasteiger partial charge in [-0.1, -0.05) is 110 Å². The zero-order valence-electron chi connectivity index (χ0n) is 25.9. The third-order valence-corrected chi connectivity index (χ3v) is 7.11. The van der Waals surface area contributed by atoms with Crippen LogP contribution in [0.25, 0.3) is 5.57 Å². The van der Waals surface area contributed by atoms with E-state index in [4.69, 9.17) is 14.2 Å². The van der Waals surface area contributed by atoms with Crippen LogP contribution in [0.1, 0.15) is 142 Å². The van der Waals surface area contributed by atoms with Crippen LogP contribution >= 0.6 is 0 Å². The van der Waals surface area contributed by atoms with Crippen LogP contribution in [-0.4, -0.2) is 33.4 Å². The van der Waals surface area contributed by atoms with Gasteiger partial charge >= 0.3 is 0 Å². The van der Waals surface area contributed by atoms with Crippen LogP contribution in [0.15, 0.2) is 12.6 Å². The van der Waals surface area contributed by atoms with Gasteiger partial charge in [-0.3, -0.25) is 0 Å². The Morgan fingerprint density at radius 1 is 0.658 bits per heavy atom. The maximum atomic E-state index is 6.60. The molecule has 0 amide bonds. The molecule has 1 aromatic rings. The van der Waals surface area contributed by atoms with E-state index in [1.165, 1.54) is 82.6 Å². The Balaban J connectivity index is 3.21. The third-order valence-electron chi connectivity index (χ3n) is 7.11. The Bertz CT molecular complexity index is 731. The van der Waals surface area contributed by atoms with Gasteiger partial charge in [-0.15, -0.1) is 0 Å². The predicted octanol–water partition coefficient (Wildman–Crippen LogP) is 9.92. The highest BCUT2D eigenvalue weighted by molar-refractivity contribution is 5.73. The quantitative estimate of drug-likeness (QED) is 0.121. The average Bonchev–Trinajstić information content (AvgIpc) is 2.91. The summed E-state index contributed by atoms with van der Waals surface area (Å²) in [5.74, 6) is 2.53. The summed E-state index contributed by atoms with van der Waals surface area (Å²) >= 11 is 0. The zero-order valence-corrected chi connectivity index (χ0v) is 25.9. The number of ether oxygens (including phenoxy) is 3. The zero-order chi connectivity index (χ0) is 27.8. The smallest absolute Gasteiger partial charge is 0.203 e. The Morgan fingerprint density at radius 2 is 1.13 bits per heavy atom. The summed E-state index contributed by atoms with van der Waals surface area (Å²) in [5, 5.41) is 3.29. The molecule has 1 N–H and O–H groups in total. The van der Waals surface area contributed by atoms with Crippen LogP contribution < -0.4 is 19.5 Å². The molecular weight excluding hydrogens is 470 g/mol. The van der Waals surface area contributed by atoms with Crippen molar-refractivity contribution in [2.45, 2.75) is 137 Å². The monoisotopic (exact) mass is 531 g/mol. The minimum atomic E-state index is 0.700. The Hall–Kier alpha value is -1.68. The number of hydrogen-bond acceptors (Lipinski definition) is 4. The Labute approximate surface area is 236 Å². The standard InChI is InChI=1S/C34H61NO3/c1-7-10-13-16-19-25-36-32-28-31(29(4)5)30(23-22-24-35-6)33(37-26-20-17-14-11-8-2)34(32)38-27-21-18-15-12-9-3/h28,35H,4,7-27H2,1-3,5-6H3. The maximum absolute atomic E-state index is 6.60. The first-order chi connectivity index (χ1) is 18.6. The molecule has 0 aromatic heterocycles. The lowest BCUT2D eigenvalue weighted by Crippen LogP contribution is -2.12. The molecule has 0 aliphatic heterocycles. The van der Waals surface area contributed by atoms with Gasteiger partial charge in [-0.05, 0) is 64.3 Å². The lowest BCUT2D eigenvalue weighted by Gasteiger charge is -2.23. The van der Waals surface area contributed by atoms with Gasteiger partial charge in [0.05, 0.1) is 19.8 Å². The normalized spacial score (nSPS) is 11.1. The Kier molecular flexibility index (Phi) is 21.0. The summed E-state index contributed by atoms with van der Waals surface area (Å²) in [6.45, 7) is 16.3. The van der Waals surface area contributed by atoms with E-state index in [0.717, 1.165) is 67.0 Å². The lowest BCUT2D eigenvalue weighted by atomic mass is 9.96. The van der Waals surface area contributed by atoms with Crippen molar-refractivity contribution in [3.05, 3.63) is 23.8 Å². The number of benzene rings is 1. The Morgan fingerprint density at radius 3 is 1.61 bits per heavy atom. The van der Waals surface area contributed by atoms with Gasteiger partial charge in [0.15, 0.2) is 11.5 Å². The minimum Gasteiger partial charge on any atom is -0.490 e. The molecule has 0 aliphatic carbocycles. The summed E-state index contributed by atoms with van der Waals surface area (Å²) in [7, 11) is 2.01. The highest BCUT2D eigenvalue weighted by Gasteiger charge is 2.22. The first kappa shape index (κ1) is 34.3. The van der Waals surface area contributed by atoms with Crippen molar-refractivity contribution in [1.29, 1.82) is 0 Å². The SMILES string of the molecule is C=C(C)c1cc(OCCCCCCC)c(OCCCCCCC)c(OCCCCCCC)c1CCCNC. The molecular formula is C34H61NO3. The molecule has 0 atom stereocenters. The fraction of sp³-hybridized carbons (Fsp3) is 0.765. The molecule has 0 saturated carbocycles. The molecule has 4 nitrogen and oxygen atoms in total. The summed E-state index contributed by atoms with van der Waals surface area (Å²) in [4.78, 5) is 0. The fourth-order valence-electron chi connectivity index (χ4n) is 4.77. The van der Waals surface area contributed by atoms with E-state index in [0.29, 0.717) is 19.8 Å². The van der Waals surface area contributed by atoms with Gasteiger partial charge in [0.25, 0.3) is 0 Å². The maximum Gasteiger partial charge on any atom is 0.203 e. The summed E-state index contributed by atoms with van der Waals surface area (Å²) in [6, 6.07) is 2.17. The van der Waals surface area contributed by atoms with Gasteiger partial charge in [-0.25, -0.2) is 0 Å². The van der Waals surface area contributed by atoms with Crippen LogP contribution in [0.5, 0.6) is 17.2 Å². The predicted molar refractivity (Wildman–Crippen MR) is 166 cm³/mol. The average molecular weight is 532 g/mol. The number of hydrogen-bond donors (Lipinski definition) is 1. The van der Waals surface area contributed by atoms with Gasteiger partial charge < -0.3 is 19.5 Å². The number of rotatable bonds is 26. The molecule has 0 fully saturated rings. The van der Waals surface area contributed by atoms with Crippen LogP contribution in [0.3, 0.4) is 0 Å². The van der Waals surface area contributed by atoms with E-state index in [1.54, 1.807) is 0 Å². The second kappa shape index (κ2) is 23.2. The molecule has 4 heteroatoms. The van der Waals surface area contributed by atoms with E-state index in [-0.39, 0.29) is 0 Å². The molecule has 0 saturated heterocycles. The fourth-order valence-corrected chi connectivity index (χ4v) is 4.77. The van der Waals surface area contributed by atoms with Gasteiger partial charge in [0.2, 0.25) is 5.75 Å². The van der Waals surface area contributed by atoms with Crippen molar-refractivity contribution in [3.63, 3.8) is 0 Å². The lowest BCUT2D eigenvalue weighted by molar-refractivity contribution is 0.232. The van der Waals surface area contributed by atoms with Gasteiger partial charge in [0, 0.05) is 5.56 Å². The van der Waals surface area contributed by atoms with Crippen LogP contribution in [0.2, 0.25) is 0 Å². The number of nitrogens with one attached hydrogen (secondary N) is 1. The first-order valence-corrected chi connectivity index (χ1v) is 16.0. The second-order valence-corrected chi connectivity index (χ2v) is 10.8. The van der Waals surface area contributed by atoms with Crippen molar-refractivity contribution < 1.29 is 14.2 Å². The van der Waals surface area contributed by atoms with E-state index in [9.17, 15) is 0 Å². The molecule has 0 spiro atoms. The van der Waals surface area contributed by atoms with Crippen LogP contribution in [-0.2, 0) is 6.42 Å².